The largest absolute Gasteiger partial charge is 0.385 e. The highest BCUT2D eigenvalue weighted by Crippen LogP contribution is 2.30. The first kappa shape index (κ1) is 13.8. The van der Waals surface area contributed by atoms with Crippen molar-refractivity contribution in [2.75, 3.05) is 5.08 Å². The summed E-state index contributed by atoms with van der Waals surface area (Å²) in [5.74, 6) is 0. The summed E-state index contributed by atoms with van der Waals surface area (Å²) in [6, 6.07) is 0. The molecular formula is C4H7N3S6. The SMILES string of the molecule is N=C(SSCSC(N)=S)SC(N)=S. The van der Waals surface area contributed by atoms with Crippen LogP contribution < -0.4 is 11.5 Å². The van der Waals surface area contributed by atoms with Crippen LogP contribution in [0.25, 0.3) is 0 Å². The summed E-state index contributed by atoms with van der Waals surface area (Å²) in [4.78, 5) is 0. The second-order valence-corrected chi connectivity index (χ2v) is 7.89. The summed E-state index contributed by atoms with van der Waals surface area (Å²) >= 11 is 11.7. The maximum absolute atomic E-state index is 7.37. The van der Waals surface area contributed by atoms with E-state index in [1.807, 2.05) is 0 Å². The lowest BCUT2D eigenvalue weighted by Crippen LogP contribution is -2.03. The first-order valence-corrected chi connectivity index (χ1v) is 7.73. The van der Waals surface area contributed by atoms with Crippen LogP contribution in [0.15, 0.2) is 0 Å². The maximum Gasteiger partial charge on any atom is 0.139 e. The van der Waals surface area contributed by atoms with E-state index in [2.05, 4.69) is 24.4 Å². The molecule has 0 saturated carbocycles. The average Bonchev–Trinajstić information content (AvgIpc) is 1.96. The highest BCUT2D eigenvalue weighted by atomic mass is 33.1. The molecule has 0 bridgehead atoms. The van der Waals surface area contributed by atoms with Crippen molar-refractivity contribution in [2.24, 2.45) is 11.5 Å². The molecule has 0 aliphatic rings. The van der Waals surface area contributed by atoms with Gasteiger partial charge in [0.25, 0.3) is 0 Å². The van der Waals surface area contributed by atoms with Crippen molar-refractivity contribution in [3.8, 4) is 0 Å². The van der Waals surface area contributed by atoms with Crippen molar-refractivity contribution in [3.63, 3.8) is 0 Å². The Kier molecular flexibility index (Phi) is 8.72. The van der Waals surface area contributed by atoms with Gasteiger partial charge in [0.2, 0.25) is 0 Å². The Morgan fingerprint density at radius 3 is 2.31 bits per heavy atom. The zero-order valence-electron chi connectivity index (χ0n) is 6.31. The number of rotatable bonds is 3. The van der Waals surface area contributed by atoms with Gasteiger partial charge >= 0.3 is 0 Å². The molecule has 0 aliphatic heterocycles. The Morgan fingerprint density at radius 1 is 1.23 bits per heavy atom. The number of hydrogen-bond acceptors (Lipinski definition) is 7. The number of nitrogens with one attached hydrogen (secondary N) is 1. The van der Waals surface area contributed by atoms with Crippen LogP contribution in [0.1, 0.15) is 0 Å². The topological polar surface area (TPSA) is 75.9 Å². The summed E-state index contributed by atoms with van der Waals surface area (Å²) < 4.78 is 1.06. The monoisotopic (exact) mass is 289 g/mol. The van der Waals surface area contributed by atoms with Gasteiger partial charge < -0.3 is 11.5 Å². The minimum Gasteiger partial charge on any atom is -0.385 e. The highest BCUT2D eigenvalue weighted by Gasteiger charge is 2.01. The minimum atomic E-state index is 0.264. The summed E-state index contributed by atoms with van der Waals surface area (Å²) in [5, 5.41) is 8.09. The molecule has 0 fully saturated rings. The predicted octanol–water partition coefficient (Wildman–Crippen LogP) is 2.21. The molecule has 3 nitrogen and oxygen atoms in total. The Bertz CT molecular complexity index is 216. The third-order valence-corrected chi connectivity index (χ3v) is 5.51. The number of hydrogen-bond donors (Lipinski definition) is 3. The summed E-state index contributed by atoms with van der Waals surface area (Å²) in [7, 11) is 2.79. The van der Waals surface area contributed by atoms with Gasteiger partial charge in [-0.25, -0.2) is 0 Å². The maximum atomic E-state index is 7.37. The van der Waals surface area contributed by atoms with Crippen molar-refractivity contribution in [1.82, 2.24) is 0 Å². The molecule has 0 aliphatic carbocycles. The summed E-state index contributed by atoms with van der Waals surface area (Å²) in [6.07, 6.45) is 0. The fourth-order valence-corrected chi connectivity index (χ4v) is 4.58. The highest BCUT2D eigenvalue weighted by molar-refractivity contribution is 8.88. The second kappa shape index (κ2) is 8.18. The van der Waals surface area contributed by atoms with Crippen molar-refractivity contribution < 1.29 is 0 Å². The van der Waals surface area contributed by atoms with Crippen LogP contribution in [0, 0.1) is 5.41 Å². The standard InChI is InChI=1S/C4H7N3S6/c5-2(8)10-1-11-13-4(7)12-3(6)9/h7H,1H2,(H2,5,8)(H2,6,9). The molecule has 0 heterocycles. The van der Waals surface area contributed by atoms with E-state index in [1.165, 1.54) is 33.3 Å². The lowest BCUT2D eigenvalue weighted by molar-refractivity contribution is 1.59. The Hall–Kier alpha value is 0.850. The van der Waals surface area contributed by atoms with Gasteiger partial charge in [0, 0.05) is 0 Å². The average molecular weight is 290 g/mol. The Morgan fingerprint density at radius 2 is 1.85 bits per heavy atom. The van der Waals surface area contributed by atoms with Crippen LogP contribution in [-0.4, -0.2) is 18.1 Å². The quantitative estimate of drug-likeness (QED) is 0.182. The van der Waals surface area contributed by atoms with Crippen LogP contribution in [-0.2, 0) is 0 Å². The molecular weight excluding hydrogens is 282 g/mol. The molecule has 0 radical (unpaired) electrons. The Balaban J connectivity index is 3.37. The van der Waals surface area contributed by atoms with Crippen molar-refractivity contribution in [1.29, 1.82) is 5.41 Å². The van der Waals surface area contributed by atoms with Gasteiger partial charge in [-0.1, -0.05) is 47.0 Å². The van der Waals surface area contributed by atoms with Gasteiger partial charge in [-0.15, -0.1) is 0 Å². The van der Waals surface area contributed by atoms with Crippen LogP contribution in [0.4, 0.5) is 0 Å². The molecule has 74 valence electrons. The van der Waals surface area contributed by atoms with Crippen LogP contribution in [0.2, 0.25) is 0 Å². The van der Waals surface area contributed by atoms with Crippen LogP contribution in [0.5, 0.6) is 0 Å². The molecule has 0 aromatic carbocycles. The van der Waals surface area contributed by atoms with Gasteiger partial charge in [-0.2, -0.15) is 0 Å². The number of thiocarbonyl (C=S) groups is 2. The lowest BCUT2D eigenvalue weighted by Gasteiger charge is -1.99. The van der Waals surface area contributed by atoms with Crippen LogP contribution in [0.3, 0.4) is 0 Å². The van der Waals surface area contributed by atoms with Crippen molar-refractivity contribution >= 4 is 82.6 Å². The molecule has 0 aromatic heterocycles. The zero-order valence-corrected chi connectivity index (χ0v) is 11.2. The van der Waals surface area contributed by atoms with E-state index < -0.39 is 0 Å². The molecule has 0 saturated heterocycles. The molecule has 5 N–H and O–H groups in total. The second-order valence-electron chi connectivity index (χ2n) is 1.49. The van der Waals surface area contributed by atoms with Crippen LogP contribution >= 0.6 is 69.5 Å². The van der Waals surface area contributed by atoms with Gasteiger partial charge in [0.15, 0.2) is 0 Å². The molecule has 0 atom stereocenters. The first-order chi connectivity index (χ1) is 6.02. The smallest absolute Gasteiger partial charge is 0.139 e. The lowest BCUT2D eigenvalue weighted by atomic mass is 11.5. The molecule has 0 aromatic rings. The third kappa shape index (κ3) is 10.8. The van der Waals surface area contributed by atoms with E-state index in [1.54, 1.807) is 0 Å². The number of nitrogens with two attached hydrogens (primary N) is 2. The Labute approximate surface area is 104 Å². The summed E-state index contributed by atoms with van der Waals surface area (Å²) in [5.41, 5.74) is 10.5. The van der Waals surface area contributed by atoms with Crippen molar-refractivity contribution in [2.45, 2.75) is 0 Å². The van der Waals surface area contributed by atoms with E-state index in [0.29, 0.717) is 8.70 Å². The molecule has 0 spiro atoms. The first-order valence-electron chi connectivity index (χ1n) is 2.80. The molecule has 13 heavy (non-hydrogen) atoms. The van der Waals surface area contributed by atoms with E-state index in [0.717, 1.165) is 16.8 Å². The molecule has 0 amide bonds. The summed E-state index contributed by atoms with van der Waals surface area (Å²) in [6.45, 7) is 0. The van der Waals surface area contributed by atoms with Gasteiger partial charge in [0.1, 0.15) is 13.0 Å². The van der Waals surface area contributed by atoms with Gasteiger partial charge in [0.05, 0.1) is 5.08 Å². The fourth-order valence-electron chi connectivity index (χ4n) is 0.268. The van der Waals surface area contributed by atoms with E-state index in [-0.39, 0.29) is 4.32 Å². The van der Waals surface area contributed by atoms with Gasteiger partial charge in [-0.05, 0) is 22.6 Å². The number of thioether (sulfide) groups is 2. The fraction of sp³-hybridized carbons (Fsp3) is 0.250. The van der Waals surface area contributed by atoms with E-state index >= 15 is 0 Å². The third-order valence-electron chi connectivity index (χ3n) is 0.577. The molecule has 0 rings (SSSR count). The molecule has 9 heteroatoms. The van der Waals surface area contributed by atoms with Gasteiger partial charge in [-0.3, -0.25) is 5.41 Å². The van der Waals surface area contributed by atoms with E-state index in [4.69, 9.17) is 16.9 Å². The van der Waals surface area contributed by atoms with E-state index in [9.17, 15) is 0 Å². The predicted molar refractivity (Wildman–Crippen MR) is 76.5 cm³/mol. The minimum absolute atomic E-state index is 0.264. The zero-order chi connectivity index (χ0) is 10.3. The normalized spacial score (nSPS) is 9.54. The molecule has 0 unspecified atom stereocenters. The van der Waals surface area contributed by atoms with Crippen molar-refractivity contribution in [3.05, 3.63) is 0 Å².